The van der Waals surface area contributed by atoms with Crippen molar-refractivity contribution < 1.29 is 0 Å². The molecule has 2 N–H and O–H groups in total. The predicted molar refractivity (Wildman–Crippen MR) is 74.9 cm³/mol. The van der Waals surface area contributed by atoms with Crippen molar-refractivity contribution in [3.63, 3.8) is 0 Å². The maximum Gasteiger partial charge on any atom is 0.0712 e. The van der Waals surface area contributed by atoms with Crippen LogP contribution >= 0.6 is 15.9 Å². The van der Waals surface area contributed by atoms with Gasteiger partial charge in [-0.25, -0.2) is 0 Å². The summed E-state index contributed by atoms with van der Waals surface area (Å²) < 4.78 is 2.99. The third-order valence-corrected chi connectivity index (χ3v) is 4.09. The highest BCUT2D eigenvalue weighted by Crippen LogP contribution is 2.31. The Morgan fingerprint density at radius 2 is 2.12 bits per heavy atom. The Kier molecular flexibility index (Phi) is 4.75. The van der Waals surface area contributed by atoms with Crippen molar-refractivity contribution >= 4 is 15.9 Å². The molecule has 0 radical (unpaired) electrons. The Morgan fingerprint density at radius 3 is 2.59 bits per heavy atom. The lowest BCUT2D eigenvalue weighted by Crippen LogP contribution is -2.48. The minimum Gasteiger partial charge on any atom is -0.321 e. The molecule has 17 heavy (non-hydrogen) atoms. The van der Waals surface area contributed by atoms with Gasteiger partial charge < -0.3 is 10.6 Å². The molecule has 1 atom stereocenters. The number of nitrogens with zero attached hydrogens (tertiary/aromatic N) is 3. The molecule has 5 heteroatoms. The van der Waals surface area contributed by atoms with E-state index < -0.39 is 0 Å². The van der Waals surface area contributed by atoms with Crippen LogP contribution in [-0.4, -0.2) is 34.3 Å². The molecule has 1 aromatic heterocycles. The molecule has 1 unspecified atom stereocenters. The van der Waals surface area contributed by atoms with Crippen LogP contribution in [-0.2, 0) is 6.54 Å². The van der Waals surface area contributed by atoms with Gasteiger partial charge in [0.2, 0.25) is 0 Å². The Bertz CT molecular complexity index is 371. The molecule has 0 aliphatic heterocycles. The van der Waals surface area contributed by atoms with Gasteiger partial charge >= 0.3 is 0 Å². The summed E-state index contributed by atoms with van der Waals surface area (Å²) in [5.74, 6) is 0. The molecule has 4 nitrogen and oxygen atoms in total. The van der Waals surface area contributed by atoms with Gasteiger partial charge in [-0.15, -0.1) is 0 Å². The first-order valence-electron chi connectivity index (χ1n) is 5.96. The topological polar surface area (TPSA) is 47.1 Å². The lowest BCUT2D eigenvalue weighted by molar-refractivity contribution is 0.153. The first-order chi connectivity index (χ1) is 7.82. The highest BCUT2D eigenvalue weighted by Gasteiger charge is 2.33. The molecule has 0 aliphatic rings. The molecule has 0 amide bonds. The zero-order chi connectivity index (χ0) is 13.2. The molecule has 0 aliphatic carbocycles. The van der Waals surface area contributed by atoms with Crippen LogP contribution in [0.5, 0.6) is 0 Å². The number of likely N-dealkylation sites (N-methyl/N-ethyl adjacent to an activating group) is 1. The maximum absolute atomic E-state index is 6.42. The summed E-state index contributed by atoms with van der Waals surface area (Å²) in [5, 5.41) is 4.37. The van der Waals surface area contributed by atoms with E-state index in [9.17, 15) is 0 Å². The normalized spacial score (nSPS) is 14.4. The predicted octanol–water partition coefficient (Wildman–Crippen LogP) is 2.40. The average Bonchev–Trinajstić information content (AvgIpc) is 2.59. The second-order valence-electron chi connectivity index (χ2n) is 5.13. The number of halogens is 1. The molecular weight excluding hydrogens is 280 g/mol. The van der Waals surface area contributed by atoms with E-state index in [1.807, 2.05) is 25.0 Å². The Morgan fingerprint density at radius 1 is 1.53 bits per heavy atom. The van der Waals surface area contributed by atoms with E-state index in [-0.39, 0.29) is 11.6 Å². The highest BCUT2D eigenvalue weighted by atomic mass is 79.9. The van der Waals surface area contributed by atoms with Crippen molar-refractivity contribution in [3.8, 4) is 0 Å². The summed E-state index contributed by atoms with van der Waals surface area (Å²) in [6.07, 6.45) is 2.88. The third kappa shape index (κ3) is 2.89. The van der Waals surface area contributed by atoms with Gasteiger partial charge in [0.25, 0.3) is 0 Å². The van der Waals surface area contributed by atoms with Gasteiger partial charge in [0.1, 0.15) is 0 Å². The van der Waals surface area contributed by atoms with Crippen LogP contribution in [0, 0.1) is 0 Å². The van der Waals surface area contributed by atoms with Crippen LogP contribution in [0.4, 0.5) is 0 Å². The number of aryl methyl sites for hydroxylation is 1. The molecule has 0 saturated carbocycles. The minimum atomic E-state index is -0.117. The van der Waals surface area contributed by atoms with E-state index in [4.69, 9.17) is 5.73 Å². The lowest BCUT2D eigenvalue weighted by Gasteiger charge is -2.38. The number of hydrogen-bond acceptors (Lipinski definition) is 3. The van der Waals surface area contributed by atoms with Gasteiger partial charge in [0.05, 0.1) is 22.4 Å². The zero-order valence-electron chi connectivity index (χ0n) is 11.4. The number of nitrogens with two attached hydrogens (primary N) is 1. The van der Waals surface area contributed by atoms with E-state index in [1.54, 1.807) is 0 Å². The van der Waals surface area contributed by atoms with E-state index in [2.05, 4.69) is 46.7 Å². The zero-order valence-corrected chi connectivity index (χ0v) is 13.0. The molecule has 0 aromatic carbocycles. The fourth-order valence-electron chi connectivity index (χ4n) is 1.68. The maximum atomic E-state index is 6.42. The van der Waals surface area contributed by atoms with Crippen molar-refractivity contribution in [2.45, 2.75) is 45.3 Å². The van der Waals surface area contributed by atoms with E-state index in [1.165, 1.54) is 0 Å². The van der Waals surface area contributed by atoms with Crippen LogP contribution in [0.2, 0.25) is 0 Å². The molecule has 0 saturated heterocycles. The van der Waals surface area contributed by atoms with Gasteiger partial charge in [0, 0.05) is 12.1 Å². The molecule has 0 fully saturated rings. The first-order valence-corrected chi connectivity index (χ1v) is 6.75. The quantitative estimate of drug-likeness (QED) is 0.908. The van der Waals surface area contributed by atoms with E-state index in [0.29, 0.717) is 0 Å². The minimum absolute atomic E-state index is 0.0825. The summed E-state index contributed by atoms with van der Waals surface area (Å²) in [5.41, 5.74) is 7.38. The van der Waals surface area contributed by atoms with Crippen molar-refractivity contribution in [1.82, 2.24) is 14.7 Å². The fraction of sp³-hybridized carbons (Fsp3) is 0.750. The van der Waals surface area contributed by atoms with Crippen molar-refractivity contribution in [2.24, 2.45) is 5.73 Å². The summed E-state index contributed by atoms with van der Waals surface area (Å²) in [6, 6.07) is -0.0825. The molecular formula is C12H23BrN4. The standard InChI is InChI=1S/C12H23BrN4/c1-6-7-17-10(9(13)8-15-17)11(14)12(2,3)16(4)5/h8,11H,6-7,14H2,1-5H3. The van der Waals surface area contributed by atoms with Crippen molar-refractivity contribution in [3.05, 3.63) is 16.4 Å². The van der Waals surface area contributed by atoms with Crippen molar-refractivity contribution in [2.75, 3.05) is 14.1 Å². The van der Waals surface area contributed by atoms with Gasteiger partial charge in [-0.3, -0.25) is 4.68 Å². The highest BCUT2D eigenvalue weighted by molar-refractivity contribution is 9.10. The molecule has 0 spiro atoms. The molecule has 98 valence electrons. The molecule has 1 aromatic rings. The van der Waals surface area contributed by atoms with E-state index >= 15 is 0 Å². The largest absolute Gasteiger partial charge is 0.321 e. The number of hydrogen-bond donors (Lipinski definition) is 1. The van der Waals surface area contributed by atoms with Crippen molar-refractivity contribution in [1.29, 1.82) is 0 Å². The number of aromatic nitrogens is 2. The monoisotopic (exact) mass is 302 g/mol. The van der Waals surface area contributed by atoms with Gasteiger partial charge in [-0.05, 0) is 50.3 Å². The summed E-state index contributed by atoms with van der Waals surface area (Å²) in [6.45, 7) is 7.33. The van der Waals surface area contributed by atoms with Gasteiger partial charge in [-0.2, -0.15) is 5.10 Å². The van der Waals surface area contributed by atoms with Crippen LogP contribution in [0.15, 0.2) is 10.7 Å². The van der Waals surface area contributed by atoms with Gasteiger partial charge in [0.15, 0.2) is 0 Å². The van der Waals surface area contributed by atoms with Crippen LogP contribution in [0.1, 0.15) is 38.9 Å². The third-order valence-electron chi connectivity index (χ3n) is 3.48. The Balaban J connectivity index is 3.10. The van der Waals surface area contributed by atoms with E-state index in [0.717, 1.165) is 23.1 Å². The van der Waals surface area contributed by atoms with Gasteiger partial charge in [-0.1, -0.05) is 6.92 Å². The second-order valence-corrected chi connectivity index (χ2v) is 5.98. The van der Waals surface area contributed by atoms with Crippen LogP contribution in [0.3, 0.4) is 0 Å². The second kappa shape index (κ2) is 5.50. The SMILES string of the molecule is CCCn1ncc(Br)c1C(N)C(C)(C)N(C)C. The average molecular weight is 303 g/mol. The fourth-order valence-corrected chi connectivity index (χ4v) is 2.23. The molecule has 0 bridgehead atoms. The first kappa shape index (κ1) is 14.7. The number of rotatable bonds is 5. The summed E-state index contributed by atoms with van der Waals surface area (Å²) in [7, 11) is 4.10. The molecule has 1 rings (SSSR count). The molecule has 1 heterocycles. The summed E-state index contributed by atoms with van der Waals surface area (Å²) >= 11 is 3.55. The lowest BCUT2D eigenvalue weighted by atomic mass is 9.91. The Hall–Kier alpha value is -0.390. The Labute approximate surface area is 112 Å². The van der Waals surface area contributed by atoms with Crippen LogP contribution < -0.4 is 5.73 Å². The van der Waals surface area contributed by atoms with Crippen LogP contribution in [0.25, 0.3) is 0 Å². The smallest absolute Gasteiger partial charge is 0.0712 e. The summed E-state index contributed by atoms with van der Waals surface area (Å²) in [4.78, 5) is 2.15.